The average molecular weight is 674 g/mol. The van der Waals surface area contributed by atoms with E-state index in [0.717, 1.165) is 35.6 Å². The first-order valence-electron chi connectivity index (χ1n) is 15.9. The molecule has 0 heterocycles. The predicted octanol–water partition coefficient (Wildman–Crippen LogP) is 7.50. The SMILES string of the molecule is CC[C@@H](C(=O)NC1CCCC1)N(Cc1ccccc1Cl)C(=O)CN(c1ccc(Oc2ccccc2)cc1)S(=O)(=O)c1ccc(C)cc1. The van der Waals surface area contributed by atoms with Crippen LogP contribution in [-0.2, 0) is 26.2 Å². The first-order chi connectivity index (χ1) is 22.7. The maximum Gasteiger partial charge on any atom is 0.264 e. The molecule has 0 unspecified atom stereocenters. The van der Waals surface area contributed by atoms with Crippen LogP contribution in [0.5, 0.6) is 11.5 Å². The minimum Gasteiger partial charge on any atom is -0.457 e. The number of carbonyl (C=O) groups is 2. The lowest BCUT2D eigenvalue weighted by Crippen LogP contribution is -2.53. The largest absolute Gasteiger partial charge is 0.457 e. The van der Waals surface area contributed by atoms with E-state index in [1.807, 2.05) is 50.2 Å². The van der Waals surface area contributed by atoms with Crippen LogP contribution in [0.2, 0.25) is 5.02 Å². The molecule has 1 aliphatic carbocycles. The number of rotatable bonds is 13. The molecule has 47 heavy (non-hydrogen) atoms. The van der Waals surface area contributed by atoms with Gasteiger partial charge in [0.1, 0.15) is 24.1 Å². The van der Waals surface area contributed by atoms with Gasteiger partial charge in [-0.3, -0.25) is 13.9 Å². The van der Waals surface area contributed by atoms with Gasteiger partial charge in [0, 0.05) is 17.6 Å². The standard InChI is InChI=1S/C37H40ClN3O5S/c1-3-35(37(43)39-29-12-8-9-13-29)40(25-28-11-7-10-16-34(28)38)36(42)26-41(47(44,45)33-23-17-27(2)18-24-33)30-19-21-32(22-20-30)46-31-14-5-4-6-15-31/h4-7,10-11,14-24,29,35H,3,8-9,12-13,25-26H2,1-2H3,(H,39,43)/t35-/m0/s1. The molecule has 1 aliphatic rings. The summed E-state index contributed by atoms with van der Waals surface area (Å²) in [6.07, 6.45) is 4.22. The van der Waals surface area contributed by atoms with Gasteiger partial charge < -0.3 is 15.0 Å². The average Bonchev–Trinajstić information content (AvgIpc) is 3.58. The van der Waals surface area contributed by atoms with E-state index < -0.39 is 28.5 Å². The first-order valence-corrected chi connectivity index (χ1v) is 17.7. The van der Waals surface area contributed by atoms with Crippen molar-refractivity contribution < 1.29 is 22.7 Å². The van der Waals surface area contributed by atoms with E-state index in [0.29, 0.717) is 28.5 Å². The Morgan fingerprint density at radius 3 is 2.13 bits per heavy atom. The third-order valence-electron chi connectivity index (χ3n) is 8.38. The van der Waals surface area contributed by atoms with E-state index in [1.54, 1.807) is 54.6 Å². The number of sulfonamides is 1. The summed E-state index contributed by atoms with van der Waals surface area (Å²) in [4.78, 5) is 29.6. The highest BCUT2D eigenvalue weighted by Crippen LogP contribution is 2.29. The van der Waals surface area contributed by atoms with E-state index in [-0.39, 0.29) is 29.1 Å². The van der Waals surface area contributed by atoms with Gasteiger partial charge in [-0.1, -0.05) is 85.5 Å². The Labute approximate surface area is 282 Å². The summed E-state index contributed by atoms with van der Waals surface area (Å²) >= 11 is 6.52. The number of ether oxygens (including phenoxy) is 1. The summed E-state index contributed by atoms with van der Waals surface area (Å²) < 4.78 is 35.4. The number of carbonyl (C=O) groups excluding carboxylic acids is 2. The van der Waals surface area contributed by atoms with E-state index >= 15 is 0 Å². The topological polar surface area (TPSA) is 96.0 Å². The molecule has 4 aromatic rings. The van der Waals surface area contributed by atoms with Crippen LogP contribution < -0.4 is 14.4 Å². The van der Waals surface area contributed by atoms with Gasteiger partial charge in [-0.25, -0.2) is 8.42 Å². The lowest BCUT2D eigenvalue weighted by atomic mass is 10.1. The lowest BCUT2D eigenvalue weighted by molar-refractivity contribution is -0.140. The molecule has 8 nitrogen and oxygen atoms in total. The van der Waals surface area contributed by atoms with Gasteiger partial charge >= 0.3 is 0 Å². The molecule has 0 aromatic heterocycles. The van der Waals surface area contributed by atoms with Crippen molar-refractivity contribution in [2.75, 3.05) is 10.8 Å². The summed E-state index contributed by atoms with van der Waals surface area (Å²) in [5.41, 5.74) is 1.84. The number of nitrogens with one attached hydrogen (secondary N) is 1. The van der Waals surface area contributed by atoms with Gasteiger partial charge in [0.15, 0.2) is 0 Å². The molecule has 0 saturated heterocycles. The normalized spacial score (nSPS) is 13.9. The van der Waals surface area contributed by atoms with Crippen molar-refractivity contribution >= 4 is 39.1 Å². The molecular formula is C37H40ClN3O5S. The fourth-order valence-corrected chi connectivity index (χ4v) is 7.38. The quantitative estimate of drug-likeness (QED) is 0.159. The second-order valence-corrected chi connectivity index (χ2v) is 14.0. The van der Waals surface area contributed by atoms with Crippen LogP contribution in [0.1, 0.15) is 50.2 Å². The van der Waals surface area contributed by atoms with Crippen LogP contribution in [-0.4, -0.2) is 43.8 Å². The van der Waals surface area contributed by atoms with Gasteiger partial charge in [0.05, 0.1) is 10.6 Å². The van der Waals surface area contributed by atoms with Crippen molar-refractivity contribution in [1.29, 1.82) is 0 Å². The summed E-state index contributed by atoms with van der Waals surface area (Å²) in [7, 11) is -4.21. The molecule has 4 aromatic carbocycles. The van der Waals surface area contributed by atoms with E-state index in [4.69, 9.17) is 16.3 Å². The smallest absolute Gasteiger partial charge is 0.264 e. The summed E-state index contributed by atoms with van der Waals surface area (Å²) in [6, 6.07) is 28.7. The zero-order valence-corrected chi connectivity index (χ0v) is 28.2. The van der Waals surface area contributed by atoms with Crippen LogP contribution in [0.3, 0.4) is 0 Å². The number of hydrogen-bond acceptors (Lipinski definition) is 5. The molecule has 0 spiro atoms. The highest BCUT2D eigenvalue weighted by molar-refractivity contribution is 7.92. The maximum atomic E-state index is 14.4. The van der Waals surface area contributed by atoms with E-state index in [1.165, 1.54) is 17.0 Å². The lowest BCUT2D eigenvalue weighted by Gasteiger charge is -2.34. The molecule has 1 N–H and O–H groups in total. The summed E-state index contributed by atoms with van der Waals surface area (Å²) in [5, 5.41) is 3.58. The second kappa shape index (κ2) is 15.5. The Morgan fingerprint density at radius 1 is 0.872 bits per heavy atom. The monoisotopic (exact) mass is 673 g/mol. The molecule has 0 radical (unpaired) electrons. The van der Waals surface area contributed by atoms with E-state index in [2.05, 4.69) is 5.32 Å². The molecule has 2 amide bonds. The number of hydrogen-bond donors (Lipinski definition) is 1. The first kappa shape index (κ1) is 34.0. The predicted molar refractivity (Wildman–Crippen MR) is 185 cm³/mol. The number of halogens is 1. The molecule has 0 aliphatic heterocycles. The maximum absolute atomic E-state index is 14.4. The van der Waals surface area contributed by atoms with Crippen LogP contribution in [0, 0.1) is 6.92 Å². The van der Waals surface area contributed by atoms with Gasteiger partial charge in [0.2, 0.25) is 11.8 Å². The minimum atomic E-state index is -4.21. The van der Waals surface area contributed by atoms with Gasteiger partial charge in [-0.05, 0) is 86.3 Å². The highest BCUT2D eigenvalue weighted by Gasteiger charge is 2.35. The van der Waals surface area contributed by atoms with Gasteiger partial charge in [-0.15, -0.1) is 0 Å². The number of benzene rings is 4. The number of para-hydroxylation sites is 1. The third kappa shape index (κ3) is 8.53. The van der Waals surface area contributed by atoms with Crippen LogP contribution >= 0.6 is 11.6 Å². The van der Waals surface area contributed by atoms with E-state index in [9.17, 15) is 18.0 Å². The van der Waals surface area contributed by atoms with Crippen molar-refractivity contribution in [3.63, 3.8) is 0 Å². The Hall–Kier alpha value is -4.34. The third-order valence-corrected chi connectivity index (χ3v) is 10.5. The van der Waals surface area contributed by atoms with Crippen LogP contribution in [0.4, 0.5) is 5.69 Å². The minimum absolute atomic E-state index is 0.0391. The fourth-order valence-electron chi connectivity index (χ4n) is 5.77. The van der Waals surface area contributed by atoms with Gasteiger partial charge in [0.25, 0.3) is 10.0 Å². The fraction of sp³-hybridized carbons (Fsp3) is 0.297. The highest BCUT2D eigenvalue weighted by atomic mass is 35.5. The van der Waals surface area contributed by atoms with Crippen molar-refractivity contribution in [3.8, 4) is 11.5 Å². The van der Waals surface area contributed by atoms with Crippen molar-refractivity contribution in [2.45, 2.75) is 69.5 Å². The Balaban J connectivity index is 1.50. The Kier molecular flexibility index (Phi) is 11.2. The second-order valence-electron chi connectivity index (χ2n) is 11.8. The number of anilines is 1. The number of aryl methyl sites for hydroxylation is 1. The van der Waals surface area contributed by atoms with Crippen LogP contribution in [0.25, 0.3) is 0 Å². The zero-order chi connectivity index (χ0) is 33.4. The summed E-state index contributed by atoms with van der Waals surface area (Å²) in [6.45, 7) is 3.22. The summed E-state index contributed by atoms with van der Waals surface area (Å²) in [5.74, 6) is 0.360. The van der Waals surface area contributed by atoms with Crippen molar-refractivity contribution in [2.24, 2.45) is 0 Å². The Morgan fingerprint density at radius 2 is 1.49 bits per heavy atom. The van der Waals surface area contributed by atoms with Crippen LogP contribution in [0.15, 0.2) is 108 Å². The van der Waals surface area contributed by atoms with Crippen molar-refractivity contribution in [1.82, 2.24) is 10.2 Å². The zero-order valence-electron chi connectivity index (χ0n) is 26.6. The molecular weight excluding hydrogens is 634 g/mol. The number of amides is 2. The molecule has 246 valence electrons. The molecule has 10 heteroatoms. The molecule has 1 atom stereocenters. The molecule has 0 bridgehead atoms. The Bertz CT molecular complexity index is 1760. The molecule has 1 fully saturated rings. The molecule has 5 rings (SSSR count). The number of nitrogens with zero attached hydrogens (tertiary/aromatic N) is 2. The van der Waals surface area contributed by atoms with Crippen molar-refractivity contribution in [3.05, 3.63) is 119 Å². The van der Waals surface area contributed by atoms with Gasteiger partial charge in [-0.2, -0.15) is 0 Å². The molecule has 1 saturated carbocycles.